The van der Waals surface area contributed by atoms with Crippen LogP contribution in [0.1, 0.15) is 11.4 Å². The molecule has 0 radical (unpaired) electrons. The van der Waals surface area contributed by atoms with Gasteiger partial charge in [0, 0.05) is 12.3 Å². The summed E-state index contributed by atoms with van der Waals surface area (Å²) in [5.74, 6) is 1.63. The summed E-state index contributed by atoms with van der Waals surface area (Å²) < 4.78 is 7.20. The third kappa shape index (κ3) is 2.34. The van der Waals surface area contributed by atoms with Gasteiger partial charge in [-0.1, -0.05) is 11.6 Å². The first-order valence-electron chi connectivity index (χ1n) is 6.38. The molecular weight excluding hydrogens is 309 g/mol. The highest BCUT2D eigenvalue weighted by Crippen LogP contribution is 2.30. The Morgan fingerprint density at radius 1 is 1.29 bits per heavy atom. The van der Waals surface area contributed by atoms with Crippen molar-refractivity contribution in [1.82, 2.24) is 14.5 Å². The van der Waals surface area contributed by atoms with Gasteiger partial charge in [0.1, 0.15) is 17.1 Å². The van der Waals surface area contributed by atoms with Crippen molar-refractivity contribution < 1.29 is 4.74 Å². The molecule has 2 aromatic heterocycles. The van der Waals surface area contributed by atoms with E-state index in [0.717, 1.165) is 28.2 Å². The van der Waals surface area contributed by atoms with E-state index >= 15 is 0 Å². The molecule has 0 spiro atoms. The monoisotopic (exact) mass is 321 g/mol. The van der Waals surface area contributed by atoms with Crippen LogP contribution in [0, 0.1) is 6.92 Å². The van der Waals surface area contributed by atoms with E-state index in [9.17, 15) is 0 Å². The maximum absolute atomic E-state index is 6.08. The van der Waals surface area contributed by atoms with E-state index in [2.05, 4.69) is 9.97 Å². The number of fused-ring (bicyclic) bond motifs is 1. The second-order valence-corrected chi connectivity index (χ2v) is 5.29. The predicted molar refractivity (Wildman–Crippen MR) is 84.7 cm³/mol. The SMILES string of the molecule is COc1cc(-n2c(CCl)nc3c(C)ccnc32)ccc1Cl. The van der Waals surface area contributed by atoms with Crippen molar-refractivity contribution in [3.8, 4) is 11.4 Å². The summed E-state index contributed by atoms with van der Waals surface area (Å²) in [4.78, 5) is 9.01. The molecule has 0 saturated heterocycles. The Kier molecular flexibility index (Phi) is 3.74. The van der Waals surface area contributed by atoms with Crippen LogP contribution in [0.3, 0.4) is 0 Å². The van der Waals surface area contributed by atoms with Crippen molar-refractivity contribution in [2.75, 3.05) is 7.11 Å². The molecule has 0 unspecified atom stereocenters. The van der Waals surface area contributed by atoms with E-state index in [0.29, 0.717) is 16.7 Å². The van der Waals surface area contributed by atoms with Crippen LogP contribution < -0.4 is 4.74 Å². The van der Waals surface area contributed by atoms with Crippen molar-refractivity contribution in [3.63, 3.8) is 0 Å². The summed E-state index contributed by atoms with van der Waals surface area (Å²) in [7, 11) is 1.59. The molecule has 21 heavy (non-hydrogen) atoms. The maximum Gasteiger partial charge on any atom is 0.164 e. The standard InChI is InChI=1S/C15H13Cl2N3O/c1-9-5-6-18-15-14(9)19-13(8-16)20(15)10-3-4-11(17)12(7-10)21-2/h3-7H,8H2,1-2H3. The summed E-state index contributed by atoms with van der Waals surface area (Å²) in [6, 6.07) is 7.46. The molecule has 4 nitrogen and oxygen atoms in total. The van der Waals surface area contributed by atoms with Crippen molar-refractivity contribution >= 4 is 34.4 Å². The lowest BCUT2D eigenvalue weighted by Crippen LogP contribution is -2.01. The normalized spacial score (nSPS) is 11.0. The van der Waals surface area contributed by atoms with Gasteiger partial charge in [0.05, 0.1) is 23.7 Å². The Morgan fingerprint density at radius 3 is 2.81 bits per heavy atom. The average molecular weight is 322 g/mol. The molecule has 0 saturated carbocycles. The zero-order chi connectivity index (χ0) is 15.0. The number of rotatable bonds is 3. The molecule has 0 aliphatic carbocycles. The molecule has 108 valence electrons. The topological polar surface area (TPSA) is 39.9 Å². The van der Waals surface area contributed by atoms with Gasteiger partial charge >= 0.3 is 0 Å². The number of imidazole rings is 1. The minimum Gasteiger partial charge on any atom is -0.495 e. The van der Waals surface area contributed by atoms with E-state index in [4.69, 9.17) is 27.9 Å². The van der Waals surface area contributed by atoms with Crippen molar-refractivity contribution in [2.45, 2.75) is 12.8 Å². The summed E-state index contributed by atoms with van der Waals surface area (Å²) in [6.07, 6.45) is 1.76. The van der Waals surface area contributed by atoms with Gasteiger partial charge in [0.15, 0.2) is 5.65 Å². The number of hydrogen-bond donors (Lipinski definition) is 0. The second kappa shape index (κ2) is 5.54. The second-order valence-electron chi connectivity index (χ2n) is 4.62. The number of ether oxygens (including phenoxy) is 1. The fourth-order valence-electron chi connectivity index (χ4n) is 2.29. The molecule has 6 heteroatoms. The number of methoxy groups -OCH3 is 1. The molecule has 0 bridgehead atoms. The zero-order valence-corrected chi connectivity index (χ0v) is 13.1. The lowest BCUT2D eigenvalue weighted by molar-refractivity contribution is 0.415. The number of halogens is 2. The van der Waals surface area contributed by atoms with E-state index in [1.807, 2.05) is 29.7 Å². The Morgan fingerprint density at radius 2 is 2.10 bits per heavy atom. The average Bonchev–Trinajstić information content (AvgIpc) is 2.88. The van der Waals surface area contributed by atoms with Gasteiger partial charge in [-0.2, -0.15) is 0 Å². The number of pyridine rings is 1. The quantitative estimate of drug-likeness (QED) is 0.681. The van der Waals surface area contributed by atoms with Crippen molar-refractivity contribution in [2.24, 2.45) is 0 Å². The summed E-state index contributed by atoms with van der Waals surface area (Å²) >= 11 is 12.1. The fourth-order valence-corrected chi connectivity index (χ4v) is 2.66. The highest BCUT2D eigenvalue weighted by molar-refractivity contribution is 6.32. The van der Waals surface area contributed by atoms with Gasteiger partial charge in [0.25, 0.3) is 0 Å². The Hall–Kier alpha value is -1.78. The van der Waals surface area contributed by atoms with E-state index < -0.39 is 0 Å². The van der Waals surface area contributed by atoms with E-state index in [-0.39, 0.29) is 0 Å². The number of aryl methyl sites for hydroxylation is 1. The third-order valence-corrected chi connectivity index (χ3v) is 3.88. The zero-order valence-electron chi connectivity index (χ0n) is 11.6. The van der Waals surface area contributed by atoms with Crippen LogP contribution in [-0.4, -0.2) is 21.6 Å². The highest BCUT2D eigenvalue weighted by atomic mass is 35.5. The van der Waals surface area contributed by atoms with Crippen LogP contribution in [0.25, 0.3) is 16.9 Å². The van der Waals surface area contributed by atoms with Crippen molar-refractivity contribution in [3.05, 3.63) is 46.9 Å². The Balaban J connectivity index is 2.31. The molecule has 3 rings (SSSR count). The lowest BCUT2D eigenvalue weighted by Gasteiger charge is -2.10. The van der Waals surface area contributed by atoms with Crippen LogP contribution in [0.15, 0.2) is 30.5 Å². The van der Waals surface area contributed by atoms with E-state index in [1.165, 1.54) is 0 Å². The highest BCUT2D eigenvalue weighted by Gasteiger charge is 2.15. The summed E-state index contributed by atoms with van der Waals surface area (Å²) in [5.41, 5.74) is 3.55. The first-order chi connectivity index (χ1) is 10.2. The van der Waals surface area contributed by atoms with Gasteiger partial charge in [0.2, 0.25) is 0 Å². The first kappa shape index (κ1) is 14.2. The molecule has 0 aliphatic heterocycles. The van der Waals surface area contributed by atoms with Crippen LogP contribution in [-0.2, 0) is 5.88 Å². The number of nitrogens with zero attached hydrogens (tertiary/aromatic N) is 3. The van der Waals surface area contributed by atoms with E-state index in [1.54, 1.807) is 19.4 Å². The third-order valence-electron chi connectivity index (χ3n) is 3.33. The number of hydrogen-bond acceptors (Lipinski definition) is 3. The van der Waals surface area contributed by atoms with Gasteiger partial charge in [-0.25, -0.2) is 9.97 Å². The van der Waals surface area contributed by atoms with Crippen LogP contribution in [0.4, 0.5) is 0 Å². The first-order valence-corrected chi connectivity index (χ1v) is 7.29. The summed E-state index contributed by atoms with van der Waals surface area (Å²) in [6.45, 7) is 2.00. The smallest absolute Gasteiger partial charge is 0.164 e. The van der Waals surface area contributed by atoms with Gasteiger partial charge < -0.3 is 4.74 Å². The van der Waals surface area contributed by atoms with Crippen LogP contribution in [0.5, 0.6) is 5.75 Å². The number of aromatic nitrogens is 3. The minimum absolute atomic E-state index is 0.292. The molecular formula is C15H13Cl2N3O. The molecule has 0 aliphatic rings. The Labute approximate surface area is 132 Å². The van der Waals surface area contributed by atoms with Crippen LogP contribution in [0.2, 0.25) is 5.02 Å². The molecule has 3 aromatic rings. The van der Waals surface area contributed by atoms with Gasteiger partial charge in [-0.3, -0.25) is 4.57 Å². The minimum atomic E-state index is 0.292. The van der Waals surface area contributed by atoms with Gasteiger partial charge in [-0.15, -0.1) is 11.6 Å². The Bertz CT molecular complexity index is 814. The van der Waals surface area contributed by atoms with Crippen molar-refractivity contribution in [1.29, 1.82) is 0 Å². The molecule has 0 N–H and O–H groups in total. The summed E-state index contributed by atoms with van der Waals surface area (Å²) in [5, 5.41) is 0.558. The molecule has 0 fully saturated rings. The molecule has 0 amide bonds. The van der Waals surface area contributed by atoms with Crippen LogP contribution >= 0.6 is 23.2 Å². The largest absolute Gasteiger partial charge is 0.495 e. The fraction of sp³-hybridized carbons (Fsp3) is 0.200. The molecule has 0 atom stereocenters. The molecule has 2 heterocycles. The maximum atomic E-state index is 6.08. The predicted octanol–water partition coefficient (Wildman–Crippen LogP) is 4.13. The van der Waals surface area contributed by atoms with Gasteiger partial charge in [-0.05, 0) is 30.7 Å². The number of benzene rings is 1. The lowest BCUT2D eigenvalue weighted by atomic mass is 10.2. The number of alkyl halides is 1. The molecule has 1 aromatic carbocycles.